The molecule has 2 aromatic carbocycles. The van der Waals surface area contributed by atoms with E-state index >= 15 is 0 Å². The molecule has 28 heavy (non-hydrogen) atoms. The Labute approximate surface area is 158 Å². The lowest BCUT2D eigenvalue weighted by molar-refractivity contribution is -0.384. The van der Waals surface area contributed by atoms with Gasteiger partial charge in [-0.25, -0.2) is 4.90 Å². The molecule has 2 aromatic rings. The molecule has 4 rings (SSSR count). The van der Waals surface area contributed by atoms with Gasteiger partial charge in [-0.3, -0.25) is 24.5 Å². The fourth-order valence-electron chi connectivity index (χ4n) is 3.29. The van der Waals surface area contributed by atoms with Gasteiger partial charge in [-0.1, -0.05) is 17.3 Å². The van der Waals surface area contributed by atoms with Crippen molar-refractivity contribution < 1.29 is 24.1 Å². The number of Topliss-reactive ketones (excluding diaryl/α,β-unsaturated/α-hetero) is 1. The van der Waals surface area contributed by atoms with Crippen LogP contribution in [-0.4, -0.2) is 34.3 Å². The molecule has 2 atom stereocenters. The van der Waals surface area contributed by atoms with Gasteiger partial charge in [0.1, 0.15) is 11.6 Å². The minimum Gasteiger partial charge on any atom is -0.381 e. The number of anilines is 1. The first-order valence-electron chi connectivity index (χ1n) is 8.36. The quantitative estimate of drug-likeness (QED) is 0.347. The second-order valence-corrected chi connectivity index (χ2v) is 6.40. The number of rotatable bonds is 4. The number of hydrogen-bond donors (Lipinski definition) is 0. The van der Waals surface area contributed by atoms with Crippen molar-refractivity contribution in [2.24, 2.45) is 11.1 Å². The summed E-state index contributed by atoms with van der Waals surface area (Å²) in [6.45, 7) is 1.42. The van der Waals surface area contributed by atoms with Crippen LogP contribution in [0.2, 0.25) is 0 Å². The molecule has 1 saturated heterocycles. The molecule has 2 amide bonds. The van der Waals surface area contributed by atoms with Crippen molar-refractivity contribution in [2.75, 3.05) is 4.90 Å². The van der Waals surface area contributed by atoms with Gasteiger partial charge < -0.3 is 4.84 Å². The third-order valence-electron chi connectivity index (χ3n) is 4.70. The summed E-state index contributed by atoms with van der Waals surface area (Å²) in [5.41, 5.74) is 1.14. The van der Waals surface area contributed by atoms with E-state index in [4.69, 9.17) is 4.84 Å². The molecule has 0 saturated carbocycles. The van der Waals surface area contributed by atoms with Crippen LogP contribution in [0.3, 0.4) is 0 Å². The predicted octanol–water partition coefficient (Wildman–Crippen LogP) is 2.09. The van der Waals surface area contributed by atoms with E-state index in [-0.39, 0.29) is 17.2 Å². The third-order valence-corrected chi connectivity index (χ3v) is 4.70. The van der Waals surface area contributed by atoms with Gasteiger partial charge in [0.2, 0.25) is 12.0 Å². The van der Waals surface area contributed by atoms with Gasteiger partial charge in [0.05, 0.1) is 10.6 Å². The van der Waals surface area contributed by atoms with E-state index in [2.05, 4.69) is 5.16 Å². The lowest BCUT2D eigenvalue weighted by Gasteiger charge is -2.15. The maximum atomic E-state index is 13.0. The minimum atomic E-state index is -1.12. The number of amides is 2. The number of hydrogen-bond acceptors (Lipinski definition) is 7. The summed E-state index contributed by atoms with van der Waals surface area (Å²) in [4.78, 5) is 53.7. The van der Waals surface area contributed by atoms with Gasteiger partial charge in [-0.15, -0.1) is 0 Å². The lowest BCUT2D eigenvalue weighted by Crippen LogP contribution is -2.33. The summed E-state index contributed by atoms with van der Waals surface area (Å²) in [5, 5.41) is 14.8. The Morgan fingerprint density at radius 3 is 2.50 bits per heavy atom. The number of non-ortho nitro benzene ring substituents is 1. The molecule has 9 heteroatoms. The average Bonchev–Trinajstić information content (AvgIpc) is 3.22. The van der Waals surface area contributed by atoms with Crippen LogP contribution >= 0.6 is 0 Å². The molecular weight excluding hydrogens is 366 g/mol. The van der Waals surface area contributed by atoms with Crippen molar-refractivity contribution in [3.05, 3.63) is 69.8 Å². The maximum absolute atomic E-state index is 13.0. The van der Waals surface area contributed by atoms with Crippen molar-refractivity contribution in [3.63, 3.8) is 0 Å². The molecule has 2 aliphatic heterocycles. The zero-order valence-corrected chi connectivity index (χ0v) is 14.6. The zero-order valence-electron chi connectivity index (χ0n) is 14.6. The Kier molecular flexibility index (Phi) is 3.99. The topological polar surface area (TPSA) is 119 Å². The molecule has 0 radical (unpaired) electrons. The first-order valence-corrected chi connectivity index (χ1v) is 8.36. The average molecular weight is 379 g/mol. The molecule has 140 valence electrons. The van der Waals surface area contributed by atoms with E-state index in [1.807, 2.05) is 0 Å². The zero-order chi connectivity index (χ0) is 20.0. The first kappa shape index (κ1) is 17.5. The van der Waals surface area contributed by atoms with Gasteiger partial charge >= 0.3 is 0 Å². The standard InChI is InChI=1S/C19H13N3O6/c1-10(23)11-5-7-13(8-6-11)21-18(24)15-16(20-28-17(15)19(21)25)12-3-2-4-14(9-12)22(26)27/h2-9,15,17H,1H3/t15-,17+/m1/s1. The number of nitro benzene ring substituents is 1. The Morgan fingerprint density at radius 1 is 1.14 bits per heavy atom. The SMILES string of the molecule is CC(=O)c1ccc(N2C(=O)[C@@H]3C(c4cccc([N+](=O)[O-])c4)=NO[C@@H]3C2=O)cc1. The normalized spacial score (nSPS) is 20.6. The summed E-state index contributed by atoms with van der Waals surface area (Å²) in [6.07, 6.45) is -1.12. The van der Waals surface area contributed by atoms with Gasteiger partial charge in [0, 0.05) is 23.3 Å². The van der Waals surface area contributed by atoms with E-state index in [0.717, 1.165) is 4.90 Å². The monoisotopic (exact) mass is 379 g/mol. The number of oxime groups is 1. The van der Waals surface area contributed by atoms with Gasteiger partial charge in [-0.05, 0) is 31.2 Å². The molecule has 0 bridgehead atoms. The van der Waals surface area contributed by atoms with Gasteiger partial charge in [0.25, 0.3) is 11.6 Å². The summed E-state index contributed by atoms with van der Waals surface area (Å²) in [7, 11) is 0. The Hall–Kier alpha value is -3.88. The maximum Gasteiger partial charge on any atom is 0.278 e. The molecule has 0 spiro atoms. The minimum absolute atomic E-state index is 0.133. The number of nitro groups is 1. The second kappa shape index (κ2) is 6.38. The van der Waals surface area contributed by atoms with E-state index in [1.165, 1.54) is 49.4 Å². The highest BCUT2D eigenvalue weighted by Gasteiger charge is 2.56. The third kappa shape index (κ3) is 2.64. The number of ketones is 1. The highest BCUT2D eigenvalue weighted by Crippen LogP contribution is 2.35. The first-order chi connectivity index (χ1) is 13.4. The summed E-state index contributed by atoms with van der Waals surface area (Å²) < 4.78 is 0. The van der Waals surface area contributed by atoms with Crippen molar-refractivity contribution in [1.29, 1.82) is 0 Å². The van der Waals surface area contributed by atoms with Gasteiger partial charge in [-0.2, -0.15) is 0 Å². The van der Waals surface area contributed by atoms with E-state index < -0.39 is 28.8 Å². The molecule has 9 nitrogen and oxygen atoms in total. The second-order valence-electron chi connectivity index (χ2n) is 6.40. The molecular formula is C19H13N3O6. The highest BCUT2D eigenvalue weighted by atomic mass is 16.7. The number of carbonyl (C=O) groups excluding carboxylic acids is 3. The summed E-state index contributed by atoms with van der Waals surface area (Å²) in [5.74, 6) is -2.23. The van der Waals surface area contributed by atoms with Crippen LogP contribution in [0.4, 0.5) is 11.4 Å². The molecule has 1 fully saturated rings. The van der Waals surface area contributed by atoms with Crippen LogP contribution in [0.25, 0.3) is 0 Å². The van der Waals surface area contributed by atoms with Crippen molar-refractivity contribution >= 4 is 34.7 Å². The van der Waals surface area contributed by atoms with E-state index in [0.29, 0.717) is 16.8 Å². The Morgan fingerprint density at radius 2 is 1.86 bits per heavy atom. The Balaban J connectivity index is 1.67. The predicted molar refractivity (Wildman–Crippen MR) is 96.9 cm³/mol. The van der Waals surface area contributed by atoms with Crippen LogP contribution < -0.4 is 4.90 Å². The van der Waals surface area contributed by atoms with E-state index in [9.17, 15) is 24.5 Å². The smallest absolute Gasteiger partial charge is 0.278 e. The van der Waals surface area contributed by atoms with Crippen molar-refractivity contribution in [1.82, 2.24) is 0 Å². The molecule has 2 aliphatic rings. The fraction of sp³-hybridized carbons (Fsp3) is 0.158. The largest absolute Gasteiger partial charge is 0.381 e. The summed E-state index contributed by atoms with van der Waals surface area (Å²) >= 11 is 0. The van der Waals surface area contributed by atoms with Crippen LogP contribution in [0, 0.1) is 16.0 Å². The number of nitrogens with zero attached hydrogens (tertiary/aromatic N) is 3. The molecule has 2 heterocycles. The molecule has 0 unspecified atom stereocenters. The highest BCUT2D eigenvalue weighted by molar-refractivity contribution is 6.32. The van der Waals surface area contributed by atoms with Crippen LogP contribution in [-0.2, 0) is 14.4 Å². The van der Waals surface area contributed by atoms with Crippen LogP contribution in [0.15, 0.2) is 53.7 Å². The molecule has 0 aliphatic carbocycles. The Bertz CT molecular complexity index is 1060. The molecule has 0 aromatic heterocycles. The molecule has 0 N–H and O–H groups in total. The number of imide groups is 1. The number of fused-ring (bicyclic) bond motifs is 1. The summed E-state index contributed by atoms with van der Waals surface area (Å²) in [6, 6.07) is 11.7. The van der Waals surface area contributed by atoms with E-state index in [1.54, 1.807) is 6.07 Å². The van der Waals surface area contributed by atoms with Crippen molar-refractivity contribution in [3.8, 4) is 0 Å². The number of benzene rings is 2. The lowest BCUT2D eigenvalue weighted by atomic mass is 9.94. The van der Waals surface area contributed by atoms with Crippen LogP contribution in [0.1, 0.15) is 22.8 Å². The van der Waals surface area contributed by atoms with Gasteiger partial charge in [0.15, 0.2) is 5.78 Å². The van der Waals surface area contributed by atoms with Crippen molar-refractivity contribution in [2.45, 2.75) is 13.0 Å². The fourth-order valence-corrected chi connectivity index (χ4v) is 3.29. The van der Waals surface area contributed by atoms with Crippen LogP contribution in [0.5, 0.6) is 0 Å². The number of carbonyl (C=O) groups is 3.